The molecule has 3 unspecified atom stereocenters. The van der Waals surface area contributed by atoms with E-state index in [1.165, 1.54) is 12.8 Å². The van der Waals surface area contributed by atoms with Crippen molar-refractivity contribution in [1.82, 2.24) is 15.5 Å². The molecule has 1 aromatic carbocycles. The van der Waals surface area contributed by atoms with Gasteiger partial charge >= 0.3 is 6.03 Å². The van der Waals surface area contributed by atoms with Crippen molar-refractivity contribution in [1.29, 1.82) is 0 Å². The van der Waals surface area contributed by atoms with Crippen molar-refractivity contribution in [3.63, 3.8) is 0 Å². The highest BCUT2D eigenvalue weighted by molar-refractivity contribution is 5.74. The molecular weight excluding hydrogens is 290 g/mol. The quantitative estimate of drug-likeness (QED) is 0.753. The van der Waals surface area contributed by atoms with E-state index in [9.17, 15) is 9.90 Å². The van der Waals surface area contributed by atoms with Crippen LogP contribution in [0.2, 0.25) is 0 Å². The Hall–Kier alpha value is -1.59. The summed E-state index contributed by atoms with van der Waals surface area (Å²) in [6.07, 6.45) is 2.53. The van der Waals surface area contributed by atoms with Gasteiger partial charge in [0.05, 0.1) is 12.6 Å². The van der Waals surface area contributed by atoms with E-state index in [4.69, 9.17) is 0 Å². The van der Waals surface area contributed by atoms with E-state index in [2.05, 4.69) is 29.4 Å². The third-order valence-corrected chi connectivity index (χ3v) is 4.56. The summed E-state index contributed by atoms with van der Waals surface area (Å²) in [5.41, 5.74) is 0.906. The van der Waals surface area contributed by atoms with Gasteiger partial charge in [-0.25, -0.2) is 4.79 Å². The number of aliphatic hydroxyl groups excluding tert-OH is 1. The Labute approximate surface area is 139 Å². The number of benzene rings is 1. The van der Waals surface area contributed by atoms with Crippen LogP contribution in [0, 0.1) is 5.92 Å². The van der Waals surface area contributed by atoms with Crippen molar-refractivity contribution >= 4 is 6.03 Å². The minimum absolute atomic E-state index is 0.114. The second kappa shape index (κ2) is 8.89. The van der Waals surface area contributed by atoms with E-state index in [1.54, 1.807) is 0 Å². The van der Waals surface area contributed by atoms with E-state index in [1.807, 2.05) is 30.3 Å². The molecule has 1 aromatic rings. The fraction of sp³-hybridized carbons (Fsp3) is 0.611. The molecule has 1 aliphatic heterocycles. The van der Waals surface area contributed by atoms with E-state index in [0.29, 0.717) is 12.6 Å². The van der Waals surface area contributed by atoms with E-state index < -0.39 is 0 Å². The van der Waals surface area contributed by atoms with Crippen LogP contribution in [0.25, 0.3) is 0 Å². The number of piperidine rings is 1. The third-order valence-electron chi connectivity index (χ3n) is 4.56. The van der Waals surface area contributed by atoms with Crippen molar-refractivity contribution in [3.8, 4) is 0 Å². The normalized spacial score (nSPS) is 21.4. The van der Waals surface area contributed by atoms with Crippen molar-refractivity contribution in [3.05, 3.63) is 35.9 Å². The maximum Gasteiger partial charge on any atom is 0.315 e. The van der Waals surface area contributed by atoms with Gasteiger partial charge in [-0.15, -0.1) is 0 Å². The molecule has 0 saturated carbocycles. The molecule has 0 aliphatic carbocycles. The summed E-state index contributed by atoms with van der Waals surface area (Å²) in [5.74, 6) is 0.733. The Morgan fingerprint density at radius 2 is 2.13 bits per heavy atom. The number of nitrogens with zero attached hydrogens (tertiary/aromatic N) is 1. The zero-order chi connectivity index (χ0) is 16.7. The van der Waals surface area contributed by atoms with Crippen LogP contribution in [-0.4, -0.2) is 48.3 Å². The lowest BCUT2D eigenvalue weighted by molar-refractivity contribution is 0.137. The van der Waals surface area contributed by atoms with E-state index in [-0.39, 0.29) is 18.7 Å². The fourth-order valence-corrected chi connectivity index (χ4v) is 3.12. The average molecular weight is 319 g/mol. The molecule has 0 spiro atoms. The SMILES string of the molecule is CC1CCCN(C(C)CNC(=O)NC(CO)c2ccccc2)C1. The van der Waals surface area contributed by atoms with Gasteiger partial charge in [0.2, 0.25) is 0 Å². The van der Waals surface area contributed by atoms with Gasteiger partial charge in [0.25, 0.3) is 0 Å². The lowest BCUT2D eigenvalue weighted by Crippen LogP contribution is -2.48. The van der Waals surface area contributed by atoms with Crippen molar-refractivity contribution in [2.45, 2.75) is 38.8 Å². The molecule has 1 saturated heterocycles. The molecule has 128 valence electrons. The number of hydrogen-bond donors (Lipinski definition) is 3. The highest BCUT2D eigenvalue weighted by atomic mass is 16.3. The van der Waals surface area contributed by atoms with Crippen LogP contribution in [0.15, 0.2) is 30.3 Å². The van der Waals surface area contributed by atoms with Crippen molar-refractivity contribution < 1.29 is 9.90 Å². The first kappa shape index (κ1) is 17.8. The molecular formula is C18H29N3O2. The first-order valence-electron chi connectivity index (χ1n) is 8.54. The number of carbonyl (C=O) groups is 1. The number of urea groups is 1. The van der Waals surface area contributed by atoms with Gasteiger partial charge in [0.1, 0.15) is 0 Å². The molecule has 5 heteroatoms. The monoisotopic (exact) mass is 319 g/mol. The molecule has 1 fully saturated rings. The molecule has 3 N–H and O–H groups in total. The highest BCUT2D eigenvalue weighted by Gasteiger charge is 2.21. The lowest BCUT2D eigenvalue weighted by atomic mass is 9.99. The van der Waals surface area contributed by atoms with Crippen LogP contribution in [0.4, 0.5) is 4.79 Å². The molecule has 0 aromatic heterocycles. The third kappa shape index (κ3) is 5.52. The summed E-state index contributed by atoms with van der Waals surface area (Å²) < 4.78 is 0. The number of rotatable bonds is 6. The van der Waals surface area contributed by atoms with Crippen molar-refractivity contribution in [2.24, 2.45) is 5.92 Å². The predicted molar refractivity (Wildman–Crippen MR) is 92.2 cm³/mol. The first-order chi connectivity index (χ1) is 11.1. The Morgan fingerprint density at radius 1 is 1.39 bits per heavy atom. The van der Waals surface area contributed by atoms with Crippen LogP contribution >= 0.6 is 0 Å². The second-order valence-corrected chi connectivity index (χ2v) is 6.59. The van der Waals surface area contributed by atoms with Crippen LogP contribution in [0.5, 0.6) is 0 Å². The number of likely N-dealkylation sites (tertiary alicyclic amines) is 1. The molecule has 2 amide bonds. The summed E-state index contributed by atoms with van der Waals surface area (Å²) in [4.78, 5) is 14.5. The number of aliphatic hydroxyl groups is 1. The molecule has 0 bridgehead atoms. The van der Waals surface area contributed by atoms with Gasteiger partial charge < -0.3 is 15.7 Å². The number of hydrogen-bond acceptors (Lipinski definition) is 3. The Bertz CT molecular complexity index is 480. The van der Waals surface area contributed by atoms with Crippen LogP contribution in [0.3, 0.4) is 0 Å². The smallest absolute Gasteiger partial charge is 0.315 e. The first-order valence-corrected chi connectivity index (χ1v) is 8.54. The van der Waals surface area contributed by atoms with Gasteiger partial charge in [-0.05, 0) is 37.8 Å². The van der Waals surface area contributed by atoms with Crippen LogP contribution < -0.4 is 10.6 Å². The average Bonchev–Trinajstić information content (AvgIpc) is 2.58. The largest absolute Gasteiger partial charge is 0.394 e. The topological polar surface area (TPSA) is 64.6 Å². The van der Waals surface area contributed by atoms with E-state index in [0.717, 1.165) is 24.6 Å². The van der Waals surface area contributed by atoms with Crippen LogP contribution in [0.1, 0.15) is 38.3 Å². The standard InChI is InChI=1S/C18H29N3O2/c1-14-7-6-10-21(12-14)15(2)11-19-18(23)20-17(13-22)16-8-4-3-5-9-16/h3-5,8-9,14-15,17,22H,6-7,10-13H2,1-2H3,(H2,19,20,23). The predicted octanol–water partition coefficient (Wildman–Crippen LogP) is 2.14. The molecule has 3 atom stereocenters. The molecule has 23 heavy (non-hydrogen) atoms. The van der Waals surface area contributed by atoms with Crippen molar-refractivity contribution in [2.75, 3.05) is 26.2 Å². The summed E-state index contributed by atoms with van der Waals surface area (Å²) in [6, 6.07) is 9.24. The fourth-order valence-electron chi connectivity index (χ4n) is 3.12. The van der Waals surface area contributed by atoms with Gasteiger partial charge in [0.15, 0.2) is 0 Å². The molecule has 5 nitrogen and oxygen atoms in total. The van der Waals surface area contributed by atoms with E-state index >= 15 is 0 Å². The van der Waals surface area contributed by atoms with Crippen LogP contribution in [-0.2, 0) is 0 Å². The summed E-state index contributed by atoms with van der Waals surface area (Å²) >= 11 is 0. The summed E-state index contributed by atoms with van der Waals surface area (Å²) in [7, 11) is 0. The number of carbonyl (C=O) groups excluding carboxylic acids is 1. The summed E-state index contributed by atoms with van der Waals surface area (Å²) in [5, 5.41) is 15.2. The Morgan fingerprint density at radius 3 is 2.78 bits per heavy atom. The van der Waals surface area contributed by atoms with Gasteiger partial charge in [-0.3, -0.25) is 4.90 Å². The minimum Gasteiger partial charge on any atom is -0.394 e. The Kier molecular flexibility index (Phi) is 6.86. The van der Waals surface area contributed by atoms with Gasteiger partial charge in [-0.1, -0.05) is 37.3 Å². The maximum absolute atomic E-state index is 12.1. The maximum atomic E-state index is 12.1. The highest BCUT2D eigenvalue weighted by Crippen LogP contribution is 2.17. The molecule has 2 rings (SSSR count). The number of nitrogens with one attached hydrogen (secondary N) is 2. The zero-order valence-corrected chi connectivity index (χ0v) is 14.2. The molecule has 1 aliphatic rings. The van der Waals surface area contributed by atoms with Gasteiger partial charge in [0, 0.05) is 19.1 Å². The minimum atomic E-state index is -0.374. The number of amides is 2. The molecule has 1 heterocycles. The molecule has 0 radical (unpaired) electrons. The Balaban J connectivity index is 1.77. The zero-order valence-electron chi connectivity index (χ0n) is 14.2. The lowest BCUT2D eigenvalue weighted by Gasteiger charge is -2.35. The summed E-state index contributed by atoms with van der Waals surface area (Å²) in [6.45, 7) is 7.15. The van der Waals surface area contributed by atoms with Gasteiger partial charge in [-0.2, -0.15) is 0 Å². The second-order valence-electron chi connectivity index (χ2n) is 6.59.